The molecule has 5 heteroatoms. The lowest BCUT2D eigenvalue weighted by atomic mass is 10.1. The van der Waals surface area contributed by atoms with Crippen LogP contribution in [0.2, 0.25) is 0 Å². The molecule has 0 radical (unpaired) electrons. The second-order valence-electron chi connectivity index (χ2n) is 5.50. The van der Waals surface area contributed by atoms with E-state index in [1.807, 2.05) is 24.4 Å². The summed E-state index contributed by atoms with van der Waals surface area (Å²) in [7, 11) is 2.21. The van der Waals surface area contributed by atoms with Gasteiger partial charge in [0, 0.05) is 38.4 Å². The monoisotopic (exact) mass is 273 g/mol. The van der Waals surface area contributed by atoms with Gasteiger partial charge < -0.3 is 15.0 Å². The number of fused-ring (bicyclic) bond motifs is 1. The van der Waals surface area contributed by atoms with E-state index in [4.69, 9.17) is 10.7 Å². The number of piperazine rings is 1. The zero-order valence-electron chi connectivity index (χ0n) is 12.3. The summed E-state index contributed by atoms with van der Waals surface area (Å²) in [5.41, 5.74) is 8.06. The van der Waals surface area contributed by atoms with Gasteiger partial charge in [0.1, 0.15) is 5.65 Å². The van der Waals surface area contributed by atoms with Crippen LogP contribution in [0.1, 0.15) is 19.0 Å². The van der Waals surface area contributed by atoms with E-state index in [1.165, 1.54) is 6.42 Å². The Morgan fingerprint density at radius 3 is 2.95 bits per heavy atom. The van der Waals surface area contributed by atoms with E-state index >= 15 is 0 Å². The summed E-state index contributed by atoms with van der Waals surface area (Å²) in [6, 6.07) is 6.68. The summed E-state index contributed by atoms with van der Waals surface area (Å²) in [4.78, 5) is 9.62. The number of imidazole rings is 1. The highest BCUT2D eigenvalue weighted by Gasteiger charge is 2.26. The Morgan fingerprint density at radius 1 is 1.35 bits per heavy atom. The van der Waals surface area contributed by atoms with Crippen molar-refractivity contribution in [1.82, 2.24) is 14.3 Å². The fraction of sp³-hybridized carbons (Fsp3) is 0.533. The molecule has 1 unspecified atom stereocenters. The molecule has 0 spiro atoms. The average Bonchev–Trinajstić information content (AvgIpc) is 2.86. The number of anilines is 1. The molecule has 1 atom stereocenters. The standard InChI is InChI=1S/C15H23N5/c1-3-12-11-19(9-8-18(12)2)15-13(10-16)20-7-5-4-6-14(20)17-15/h4-7,12H,3,8-11,16H2,1-2H3. The topological polar surface area (TPSA) is 49.8 Å². The molecule has 0 amide bonds. The van der Waals surface area contributed by atoms with Gasteiger partial charge in [-0.25, -0.2) is 4.98 Å². The van der Waals surface area contributed by atoms with Gasteiger partial charge in [-0.2, -0.15) is 0 Å². The van der Waals surface area contributed by atoms with Crippen LogP contribution in [0, 0.1) is 0 Å². The molecule has 20 heavy (non-hydrogen) atoms. The van der Waals surface area contributed by atoms with Crippen molar-refractivity contribution in [2.45, 2.75) is 25.9 Å². The number of likely N-dealkylation sites (N-methyl/N-ethyl adjacent to an activating group) is 1. The van der Waals surface area contributed by atoms with Gasteiger partial charge >= 0.3 is 0 Å². The molecule has 108 valence electrons. The first-order valence-electron chi connectivity index (χ1n) is 7.35. The fourth-order valence-corrected chi connectivity index (χ4v) is 3.06. The maximum atomic E-state index is 5.96. The van der Waals surface area contributed by atoms with E-state index in [2.05, 4.69) is 28.2 Å². The highest BCUT2D eigenvalue weighted by atomic mass is 15.3. The Morgan fingerprint density at radius 2 is 2.20 bits per heavy atom. The van der Waals surface area contributed by atoms with Crippen LogP contribution in [-0.2, 0) is 6.54 Å². The Balaban J connectivity index is 1.97. The Labute approximate surface area is 120 Å². The summed E-state index contributed by atoms with van der Waals surface area (Å²) >= 11 is 0. The van der Waals surface area contributed by atoms with Crippen LogP contribution < -0.4 is 10.6 Å². The number of pyridine rings is 1. The quantitative estimate of drug-likeness (QED) is 0.916. The highest BCUT2D eigenvalue weighted by molar-refractivity contribution is 5.56. The van der Waals surface area contributed by atoms with Crippen LogP contribution in [0.25, 0.3) is 5.65 Å². The van der Waals surface area contributed by atoms with E-state index in [0.29, 0.717) is 12.6 Å². The molecule has 1 aliphatic rings. The van der Waals surface area contributed by atoms with Crippen molar-refractivity contribution >= 4 is 11.5 Å². The summed E-state index contributed by atoms with van der Waals surface area (Å²) < 4.78 is 2.11. The SMILES string of the molecule is CCC1CN(c2nc3ccccn3c2CN)CCN1C. The lowest BCUT2D eigenvalue weighted by Gasteiger charge is -2.39. The Bertz CT molecular complexity index is 591. The average molecular weight is 273 g/mol. The van der Waals surface area contributed by atoms with Crippen molar-refractivity contribution in [3.05, 3.63) is 30.1 Å². The van der Waals surface area contributed by atoms with Gasteiger partial charge in [-0.3, -0.25) is 4.90 Å². The Kier molecular flexibility index (Phi) is 3.63. The van der Waals surface area contributed by atoms with Crippen LogP contribution in [0.15, 0.2) is 24.4 Å². The predicted molar refractivity (Wildman–Crippen MR) is 82.0 cm³/mol. The molecular formula is C15H23N5. The Hall–Kier alpha value is -1.59. The van der Waals surface area contributed by atoms with Crippen molar-refractivity contribution < 1.29 is 0 Å². The molecule has 0 saturated carbocycles. The third-order valence-corrected chi connectivity index (χ3v) is 4.35. The second kappa shape index (κ2) is 5.42. The van der Waals surface area contributed by atoms with E-state index < -0.39 is 0 Å². The first-order valence-corrected chi connectivity index (χ1v) is 7.35. The minimum Gasteiger partial charge on any atom is -0.352 e. The molecule has 2 aromatic heterocycles. The summed E-state index contributed by atoms with van der Waals surface area (Å²) in [6.07, 6.45) is 3.21. The number of nitrogens with two attached hydrogens (primary N) is 1. The van der Waals surface area contributed by atoms with Crippen molar-refractivity contribution in [2.75, 3.05) is 31.6 Å². The predicted octanol–water partition coefficient (Wildman–Crippen LogP) is 1.32. The van der Waals surface area contributed by atoms with Crippen molar-refractivity contribution in [1.29, 1.82) is 0 Å². The lowest BCUT2D eigenvalue weighted by Crippen LogP contribution is -2.51. The van der Waals surface area contributed by atoms with Crippen LogP contribution in [0.3, 0.4) is 0 Å². The number of hydrogen-bond donors (Lipinski definition) is 1. The smallest absolute Gasteiger partial charge is 0.152 e. The van der Waals surface area contributed by atoms with E-state index in [9.17, 15) is 0 Å². The molecule has 3 rings (SSSR count). The molecule has 5 nitrogen and oxygen atoms in total. The number of nitrogens with zero attached hydrogens (tertiary/aromatic N) is 4. The first kappa shape index (κ1) is 13.4. The molecule has 1 fully saturated rings. The highest BCUT2D eigenvalue weighted by Crippen LogP contribution is 2.24. The molecule has 0 aromatic carbocycles. The van der Waals surface area contributed by atoms with Gasteiger partial charge in [-0.1, -0.05) is 13.0 Å². The largest absolute Gasteiger partial charge is 0.352 e. The van der Waals surface area contributed by atoms with Crippen LogP contribution in [0.4, 0.5) is 5.82 Å². The normalized spacial score (nSPS) is 20.8. The molecule has 1 saturated heterocycles. The van der Waals surface area contributed by atoms with Gasteiger partial charge in [-0.15, -0.1) is 0 Å². The third-order valence-electron chi connectivity index (χ3n) is 4.35. The number of hydrogen-bond acceptors (Lipinski definition) is 4. The maximum absolute atomic E-state index is 5.96. The van der Waals surface area contributed by atoms with Gasteiger partial charge in [0.05, 0.1) is 5.69 Å². The van der Waals surface area contributed by atoms with Gasteiger partial charge in [0.15, 0.2) is 5.82 Å². The molecule has 0 aliphatic carbocycles. The number of rotatable bonds is 3. The van der Waals surface area contributed by atoms with Gasteiger partial charge in [0.25, 0.3) is 0 Å². The molecule has 2 N–H and O–H groups in total. The van der Waals surface area contributed by atoms with Crippen LogP contribution in [-0.4, -0.2) is 47.0 Å². The molecule has 1 aliphatic heterocycles. The van der Waals surface area contributed by atoms with Crippen molar-refractivity contribution in [2.24, 2.45) is 5.73 Å². The molecule has 0 bridgehead atoms. The van der Waals surface area contributed by atoms with Crippen LogP contribution >= 0.6 is 0 Å². The van der Waals surface area contributed by atoms with Crippen LogP contribution in [0.5, 0.6) is 0 Å². The minimum atomic E-state index is 0.518. The second-order valence-corrected chi connectivity index (χ2v) is 5.50. The maximum Gasteiger partial charge on any atom is 0.152 e. The van der Waals surface area contributed by atoms with E-state index in [-0.39, 0.29) is 0 Å². The summed E-state index contributed by atoms with van der Waals surface area (Å²) in [6.45, 7) is 5.89. The molecular weight excluding hydrogens is 250 g/mol. The minimum absolute atomic E-state index is 0.518. The summed E-state index contributed by atoms with van der Waals surface area (Å²) in [5, 5.41) is 0. The van der Waals surface area contributed by atoms with Gasteiger partial charge in [-0.05, 0) is 25.6 Å². The summed E-state index contributed by atoms with van der Waals surface area (Å²) in [5.74, 6) is 1.06. The van der Waals surface area contributed by atoms with E-state index in [1.54, 1.807) is 0 Å². The fourth-order valence-electron chi connectivity index (χ4n) is 3.06. The first-order chi connectivity index (χ1) is 9.74. The molecule has 2 aromatic rings. The van der Waals surface area contributed by atoms with E-state index in [0.717, 1.165) is 36.8 Å². The lowest BCUT2D eigenvalue weighted by molar-refractivity contribution is 0.213. The van der Waals surface area contributed by atoms with Gasteiger partial charge in [0.2, 0.25) is 0 Å². The zero-order valence-corrected chi connectivity index (χ0v) is 12.3. The van der Waals surface area contributed by atoms with Crippen molar-refractivity contribution in [3.8, 4) is 0 Å². The third kappa shape index (κ3) is 2.17. The molecule has 3 heterocycles. The number of aromatic nitrogens is 2. The zero-order chi connectivity index (χ0) is 14.1. The van der Waals surface area contributed by atoms with Crippen molar-refractivity contribution in [3.63, 3.8) is 0 Å².